The normalized spacial score (nSPS) is 30.2. The zero-order valence-electron chi connectivity index (χ0n) is 14.1. The number of benzene rings is 1. The highest BCUT2D eigenvalue weighted by molar-refractivity contribution is 5.21. The molecule has 0 amide bonds. The third kappa shape index (κ3) is 2.97. The predicted molar refractivity (Wildman–Crippen MR) is 92.5 cm³/mol. The van der Waals surface area contributed by atoms with Crippen LogP contribution in [0.4, 0.5) is 0 Å². The number of pyridine rings is 1. The Hall–Kier alpha value is -1.75. The number of rotatable bonds is 3. The highest BCUT2D eigenvalue weighted by Gasteiger charge is 2.47. The second kappa shape index (κ2) is 6.28. The van der Waals surface area contributed by atoms with Crippen molar-refractivity contribution < 1.29 is 9.84 Å². The van der Waals surface area contributed by atoms with Gasteiger partial charge in [-0.15, -0.1) is 0 Å². The quantitative estimate of drug-likeness (QED) is 0.943. The summed E-state index contributed by atoms with van der Waals surface area (Å²) >= 11 is 0. The van der Waals surface area contributed by atoms with E-state index in [0.29, 0.717) is 26.1 Å². The highest BCUT2D eigenvalue weighted by Crippen LogP contribution is 2.40. The number of ether oxygens (including phenoxy) is 1. The highest BCUT2D eigenvalue weighted by atomic mass is 16.5. The van der Waals surface area contributed by atoms with E-state index in [1.807, 2.05) is 31.2 Å². The molecule has 1 N–H and O–H groups in total. The summed E-state index contributed by atoms with van der Waals surface area (Å²) in [4.78, 5) is 7.10. The minimum absolute atomic E-state index is 0.227. The van der Waals surface area contributed by atoms with Crippen molar-refractivity contribution in [3.05, 3.63) is 65.5 Å². The van der Waals surface area contributed by atoms with Gasteiger partial charge < -0.3 is 9.84 Å². The molecule has 0 saturated carbocycles. The summed E-state index contributed by atoms with van der Waals surface area (Å²) in [6, 6.07) is 16.9. The van der Waals surface area contributed by atoms with Gasteiger partial charge in [-0.3, -0.25) is 9.88 Å². The summed E-state index contributed by atoms with van der Waals surface area (Å²) < 4.78 is 5.78. The molecule has 0 spiro atoms. The molecule has 2 aromatic rings. The Kier molecular flexibility index (Phi) is 4.12. The molecule has 0 radical (unpaired) electrons. The van der Waals surface area contributed by atoms with Crippen molar-refractivity contribution in [2.24, 2.45) is 0 Å². The molecule has 2 bridgehead atoms. The molecule has 4 rings (SSSR count). The van der Waals surface area contributed by atoms with Gasteiger partial charge in [0, 0.05) is 24.3 Å². The van der Waals surface area contributed by atoms with Crippen LogP contribution in [0.3, 0.4) is 0 Å². The first kappa shape index (κ1) is 15.8. The maximum absolute atomic E-state index is 11.3. The van der Waals surface area contributed by atoms with Gasteiger partial charge in [-0.1, -0.05) is 36.4 Å². The summed E-state index contributed by atoms with van der Waals surface area (Å²) in [5.41, 5.74) is 2.22. The molecular formula is C20H24N2O2. The van der Waals surface area contributed by atoms with Gasteiger partial charge in [0.2, 0.25) is 0 Å². The number of piperidine rings is 1. The molecule has 1 aromatic heterocycles. The Morgan fingerprint density at radius 1 is 1.08 bits per heavy atom. The SMILES string of the molecule is Cc1cccc(C2(O)CC3COCC(C2)N3Cc2ccccc2)n1. The lowest BCUT2D eigenvalue weighted by atomic mass is 9.78. The van der Waals surface area contributed by atoms with Gasteiger partial charge >= 0.3 is 0 Å². The van der Waals surface area contributed by atoms with Crippen molar-refractivity contribution in [3.63, 3.8) is 0 Å². The molecule has 2 aliphatic heterocycles. The van der Waals surface area contributed by atoms with Crippen LogP contribution >= 0.6 is 0 Å². The molecule has 0 aliphatic carbocycles. The van der Waals surface area contributed by atoms with Gasteiger partial charge in [0.25, 0.3) is 0 Å². The second-order valence-electron chi connectivity index (χ2n) is 7.11. The zero-order chi connectivity index (χ0) is 16.6. The first-order valence-corrected chi connectivity index (χ1v) is 8.68. The van der Waals surface area contributed by atoms with Crippen molar-refractivity contribution in [2.75, 3.05) is 13.2 Å². The first-order chi connectivity index (χ1) is 11.6. The molecule has 2 atom stereocenters. The molecule has 3 heterocycles. The number of nitrogens with zero attached hydrogens (tertiary/aromatic N) is 2. The average molecular weight is 324 g/mol. The fourth-order valence-electron chi connectivity index (χ4n) is 4.11. The van der Waals surface area contributed by atoms with Gasteiger partial charge in [-0.05, 0) is 37.5 Å². The van der Waals surface area contributed by atoms with Crippen LogP contribution in [0.5, 0.6) is 0 Å². The smallest absolute Gasteiger partial charge is 0.110 e. The number of aromatic nitrogens is 1. The molecule has 126 valence electrons. The summed E-state index contributed by atoms with van der Waals surface area (Å²) in [5.74, 6) is 0. The Morgan fingerprint density at radius 2 is 1.79 bits per heavy atom. The van der Waals surface area contributed by atoms with E-state index in [4.69, 9.17) is 4.74 Å². The van der Waals surface area contributed by atoms with E-state index in [2.05, 4.69) is 34.1 Å². The first-order valence-electron chi connectivity index (χ1n) is 8.68. The van der Waals surface area contributed by atoms with Crippen molar-refractivity contribution in [1.29, 1.82) is 0 Å². The van der Waals surface area contributed by atoms with Crippen molar-refractivity contribution >= 4 is 0 Å². The van der Waals surface area contributed by atoms with Gasteiger partial charge in [-0.2, -0.15) is 0 Å². The Bertz CT molecular complexity index is 690. The van der Waals surface area contributed by atoms with Crippen molar-refractivity contribution in [1.82, 2.24) is 9.88 Å². The Morgan fingerprint density at radius 3 is 2.46 bits per heavy atom. The third-order valence-electron chi connectivity index (χ3n) is 5.28. The molecule has 2 unspecified atom stereocenters. The van der Waals surface area contributed by atoms with Crippen LogP contribution in [0.25, 0.3) is 0 Å². The zero-order valence-corrected chi connectivity index (χ0v) is 14.1. The number of fused-ring (bicyclic) bond motifs is 2. The minimum atomic E-state index is -0.849. The van der Waals surface area contributed by atoms with Crippen LogP contribution in [-0.2, 0) is 16.9 Å². The number of hydrogen-bond donors (Lipinski definition) is 1. The van der Waals surface area contributed by atoms with E-state index in [9.17, 15) is 5.11 Å². The third-order valence-corrected chi connectivity index (χ3v) is 5.28. The molecule has 4 nitrogen and oxygen atoms in total. The topological polar surface area (TPSA) is 45.6 Å². The van der Waals surface area contributed by atoms with E-state index >= 15 is 0 Å². The molecule has 2 aliphatic rings. The fourth-order valence-corrected chi connectivity index (χ4v) is 4.11. The van der Waals surface area contributed by atoms with Gasteiger partial charge in [0.1, 0.15) is 5.60 Å². The van der Waals surface area contributed by atoms with Crippen LogP contribution in [0.2, 0.25) is 0 Å². The van der Waals surface area contributed by atoms with Crippen molar-refractivity contribution in [2.45, 2.75) is 44.0 Å². The molecule has 4 heteroatoms. The van der Waals surface area contributed by atoms with E-state index < -0.39 is 5.60 Å². The van der Waals surface area contributed by atoms with Gasteiger partial charge in [0.05, 0.1) is 18.9 Å². The van der Waals surface area contributed by atoms with Crippen LogP contribution < -0.4 is 0 Å². The lowest BCUT2D eigenvalue weighted by molar-refractivity contribution is -0.151. The van der Waals surface area contributed by atoms with E-state index in [1.165, 1.54) is 5.56 Å². The molecular weight excluding hydrogens is 300 g/mol. The molecule has 24 heavy (non-hydrogen) atoms. The van der Waals surface area contributed by atoms with Crippen LogP contribution in [0.1, 0.15) is 29.8 Å². The Balaban J connectivity index is 1.58. The van der Waals surface area contributed by atoms with Gasteiger partial charge in [0.15, 0.2) is 0 Å². The predicted octanol–water partition coefficient (Wildman–Crippen LogP) is 2.64. The summed E-state index contributed by atoms with van der Waals surface area (Å²) in [6.45, 7) is 4.24. The van der Waals surface area contributed by atoms with E-state index in [0.717, 1.165) is 17.9 Å². The summed E-state index contributed by atoms with van der Waals surface area (Å²) in [5, 5.41) is 11.3. The fraction of sp³-hybridized carbons (Fsp3) is 0.450. The average Bonchev–Trinajstić information content (AvgIpc) is 2.57. The second-order valence-corrected chi connectivity index (χ2v) is 7.11. The number of morpholine rings is 1. The largest absolute Gasteiger partial charge is 0.383 e. The standard InChI is InChI=1S/C20H24N2O2/c1-15-6-5-9-19(21-15)20(23)10-17-13-24-14-18(11-20)22(17)12-16-7-3-2-4-8-16/h2-9,17-18,23H,10-14H2,1H3. The summed E-state index contributed by atoms with van der Waals surface area (Å²) in [7, 11) is 0. The van der Waals surface area contributed by atoms with Gasteiger partial charge in [-0.25, -0.2) is 0 Å². The molecule has 2 fully saturated rings. The minimum Gasteiger partial charge on any atom is -0.383 e. The van der Waals surface area contributed by atoms with Crippen LogP contribution in [-0.4, -0.2) is 40.3 Å². The van der Waals surface area contributed by atoms with E-state index in [-0.39, 0.29) is 12.1 Å². The molecule has 1 aromatic carbocycles. The maximum Gasteiger partial charge on any atom is 0.110 e. The van der Waals surface area contributed by atoms with E-state index in [1.54, 1.807) is 0 Å². The van der Waals surface area contributed by atoms with Crippen LogP contribution in [0, 0.1) is 6.92 Å². The number of aryl methyl sites for hydroxylation is 1. The Labute approximate surface area is 143 Å². The van der Waals surface area contributed by atoms with Crippen LogP contribution in [0.15, 0.2) is 48.5 Å². The lowest BCUT2D eigenvalue weighted by Gasteiger charge is -2.51. The monoisotopic (exact) mass is 324 g/mol. The maximum atomic E-state index is 11.3. The number of aliphatic hydroxyl groups is 1. The molecule has 2 saturated heterocycles. The lowest BCUT2D eigenvalue weighted by Crippen LogP contribution is -2.60. The van der Waals surface area contributed by atoms with Crippen molar-refractivity contribution in [3.8, 4) is 0 Å². The number of hydrogen-bond acceptors (Lipinski definition) is 4. The summed E-state index contributed by atoms with van der Waals surface area (Å²) in [6.07, 6.45) is 1.35.